The number of esters is 1. The van der Waals surface area contributed by atoms with Gasteiger partial charge in [-0.15, -0.1) is 0 Å². The van der Waals surface area contributed by atoms with Crippen LogP contribution in [0.25, 0.3) is 0 Å². The minimum absolute atomic E-state index is 0.0818. The van der Waals surface area contributed by atoms with E-state index in [-0.39, 0.29) is 47.2 Å². The molecule has 0 radical (unpaired) electrons. The van der Waals surface area contributed by atoms with E-state index in [4.69, 9.17) is 4.74 Å². The van der Waals surface area contributed by atoms with Crippen molar-refractivity contribution in [1.82, 2.24) is 4.90 Å². The van der Waals surface area contributed by atoms with Gasteiger partial charge < -0.3 is 4.74 Å². The molecule has 29 heavy (non-hydrogen) atoms. The first-order chi connectivity index (χ1) is 13.8. The maximum Gasteiger partial charge on any atom is 0.330 e. The Bertz CT molecular complexity index is 870. The van der Waals surface area contributed by atoms with Crippen molar-refractivity contribution in [3.63, 3.8) is 0 Å². The van der Waals surface area contributed by atoms with Crippen LogP contribution in [0, 0.1) is 36.5 Å². The maximum absolute atomic E-state index is 13.0. The Morgan fingerprint density at radius 1 is 1.03 bits per heavy atom. The first-order valence-corrected chi connectivity index (χ1v) is 10.1. The lowest BCUT2D eigenvalue weighted by Crippen LogP contribution is -2.50. The van der Waals surface area contributed by atoms with Crippen molar-refractivity contribution in [2.45, 2.75) is 33.2 Å². The lowest BCUT2D eigenvalue weighted by molar-refractivity contribution is -0.160. The number of amides is 2. The van der Waals surface area contributed by atoms with E-state index in [0.717, 1.165) is 16.9 Å². The lowest BCUT2D eigenvalue weighted by atomic mass is 9.85. The van der Waals surface area contributed by atoms with Crippen molar-refractivity contribution < 1.29 is 23.9 Å². The van der Waals surface area contributed by atoms with Gasteiger partial charge in [0.1, 0.15) is 6.04 Å². The number of hydrogen-bond acceptors (Lipinski definition) is 5. The van der Waals surface area contributed by atoms with Crippen LogP contribution in [-0.4, -0.2) is 41.1 Å². The number of carbonyl (C=O) groups excluding carboxylic acids is 4. The number of ether oxygens (including phenoxy) is 1. The molecule has 1 aromatic carbocycles. The first-order valence-electron chi connectivity index (χ1n) is 10.1. The van der Waals surface area contributed by atoms with Gasteiger partial charge in [-0.3, -0.25) is 19.3 Å². The molecule has 2 aliphatic carbocycles. The van der Waals surface area contributed by atoms with Crippen LogP contribution in [0.15, 0.2) is 36.4 Å². The standard InChI is InChI=1S/C23H25NO5/c1-12(2)20(23(28)29-11-17(25)14-6-4-13(3)5-7-14)24-21(26)18-15-8-9-16(10-15)19(18)22(24)27/h4-9,12,15-16,18-20H,10-11H2,1-3H3/t15-,16-,18+,19+,20-/m0/s1. The van der Waals surface area contributed by atoms with Gasteiger partial charge in [-0.2, -0.15) is 0 Å². The van der Waals surface area contributed by atoms with Crippen LogP contribution in [0.3, 0.4) is 0 Å². The lowest BCUT2D eigenvalue weighted by Gasteiger charge is -2.28. The summed E-state index contributed by atoms with van der Waals surface area (Å²) in [4.78, 5) is 52.3. The summed E-state index contributed by atoms with van der Waals surface area (Å²) < 4.78 is 5.26. The number of imide groups is 1. The first kappa shape index (κ1) is 19.6. The Labute approximate surface area is 169 Å². The molecule has 1 aliphatic heterocycles. The summed E-state index contributed by atoms with van der Waals surface area (Å²) >= 11 is 0. The number of hydrogen-bond donors (Lipinski definition) is 0. The molecule has 6 heteroatoms. The number of Topliss-reactive ketones (excluding diaryl/α,β-unsaturated/α-hetero) is 1. The zero-order valence-corrected chi connectivity index (χ0v) is 16.8. The van der Waals surface area contributed by atoms with Gasteiger partial charge in [0.05, 0.1) is 11.8 Å². The third kappa shape index (κ3) is 3.20. The highest BCUT2D eigenvalue weighted by atomic mass is 16.5. The van der Waals surface area contributed by atoms with Crippen molar-refractivity contribution >= 4 is 23.6 Å². The summed E-state index contributed by atoms with van der Waals surface area (Å²) in [6.07, 6.45) is 4.87. The van der Waals surface area contributed by atoms with Crippen molar-refractivity contribution in [2.24, 2.45) is 29.6 Å². The molecule has 4 rings (SSSR count). The van der Waals surface area contributed by atoms with E-state index in [1.54, 1.807) is 26.0 Å². The highest BCUT2D eigenvalue weighted by Crippen LogP contribution is 2.53. The fraction of sp³-hybridized carbons (Fsp3) is 0.478. The molecule has 0 spiro atoms. The minimum Gasteiger partial charge on any atom is -0.456 e. The number of benzene rings is 1. The fourth-order valence-electron chi connectivity index (χ4n) is 4.92. The van der Waals surface area contributed by atoms with Crippen LogP contribution in [0.5, 0.6) is 0 Å². The number of nitrogens with zero attached hydrogens (tertiary/aromatic N) is 1. The average molecular weight is 395 g/mol. The molecule has 1 aromatic rings. The summed E-state index contributed by atoms with van der Waals surface area (Å²) in [5.41, 5.74) is 1.48. The van der Waals surface area contributed by atoms with Gasteiger partial charge in [0.15, 0.2) is 12.4 Å². The largest absolute Gasteiger partial charge is 0.456 e. The molecular formula is C23H25NO5. The second kappa shape index (κ2) is 7.25. The topological polar surface area (TPSA) is 80.8 Å². The van der Waals surface area contributed by atoms with E-state index in [1.165, 1.54) is 0 Å². The molecule has 0 aromatic heterocycles. The second-order valence-electron chi connectivity index (χ2n) is 8.63. The Balaban J connectivity index is 1.47. The van der Waals surface area contributed by atoms with Crippen LogP contribution in [-0.2, 0) is 19.1 Å². The molecule has 2 fully saturated rings. The Morgan fingerprint density at radius 2 is 1.59 bits per heavy atom. The highest BCUT2D eigenvalue weighted by molar-refractivity contribution is 6.09. The number of aryl methyl sites for hydroxylation is 1. The average Bonchev–Trinajstić information content (AvgIpc) is 3.36. The quantitative estimate of drug-likeness (QED) is 0.320. The molecule has 1 saturated carbocycles. The van der Waals surface area contributed by atoms with Crippen LogP contribution >= 0.6 is 0 Å². The predicted octanol–water partition coefficient (Wildman–Crippen LogP) is 2.55. The van der Waals surface area contributed by atoms with E-state index in [1.807, 2.05) is 31.2 Å². The second-order valence-corrected chi connectivity index (χ2v) is 8.63. The fourth-order valence-corrected chi connectivity index (χ4v) is 4.92. The number of ketones is 1. The summed E-state index contributed by atoms with van der Waals surface area (Å²) in [6.45, 7) is 5.05. The van der Waals surface area contributed by atoms with Crippen LogP contribution in [0.4, 0.5) is 0 Å². The van der Waals surface area contributed by atoms with Crippen molar-refractivity contribution in [3.05, 3.63) is 47.5 Å². The van der Waals surface area contributed by atoms with Gasteiger partial charge in [-0.25, -0.2) is 4.79 Å². The summed E-state index contributed by atoms with van der Waals surface area (Å²) in [5, 5.41) is 0. The maximum atomic E-state index is 13.0. The zero-order chi connectivity index (χ0) is 20.9. The van der Waals surface area contributed by atoms with E-state index >= 15 is 0 Å². The molecular weight excluding hydrogens is 370 g/mol. The molecule has 2 bridgehead atoms. The van der Waals surface area contributed by atoms with Gasteiger partial charge in [0.2, 0.25) is 11.8 Å². The number of rotatable bonds is 6. The van der Waals surface area contributed by atoms with Crippen molar-refractivity contribution in [3.8, 4) is 0 Å². The number of allylic oxidation sites excluding steroid dienone is 2. The van der Waals surface area contributed by atoms with E-state index in [0.29, 0.717) is 5.56 Å². The number of carbonyl (C=O) groups is 4. The van der Waals surface area contributed by atoms with Gasteiger partial charge in [-0.1, -0.05) is 55.8 Å². The van der Waals surface area contributed by atoms with Crippen molar-refractivity contribution in [2.75, 3.05) is 6.61 Å². The third-order valence-corrected chi connectivity index (χ3v) is 6.37. The third-order valence-electron chi connectivity index (χ3n) is 6.37. The van der Waals surface area contributed by atoms with Crippen LogP contribution in [0.1, 0.15) is 36.2 Å². The van der Waals surface area contributed by atoms with Gasteiger partial charge in [0.25, 0.3) is 0 Å². The SMILES string of the molecule is Cc1ccc(C(=O)COC(=O)[C@H](C(C)C)N2C(=O)[C@H]3[C@H](C2=O)[C@H]2C=C[C@H]3C2)cc1. The van der Waals surface area contributed by atoms with Crippen molar-refractivity contribution in [1.29, 1.82) is 0 Å². The highest BCUT2D eigenvalue weighted by Gasteiger charge is 2.61. The monoisotopic (exact) mass is 395 g/mol. The molecule has 3 aliphatic rings. The molecule has 5 atom stereocenters. The molecule has 152 valence electrons. The van der Waals surface area contributed by atoms with Gasteiger partial charge >= 0.3 is 5.97 Å². The predicted molar refractivity (Wildman–Crippen MR) is 105 cm³/mol. The Morgan fingerprint density at radius 3 is 2.10 bits per heavy atom. The number of likely N-dealkylation sites (tertiary alicyclic amines) is 1. The van der Waals surface area contributed by atoms with Gasteiger partial charge in [-0.05, 0) is 31.1 Å². The molecule has 0 N–H and O–H groups in total. The van der Waals surface area contributed by atoms with E-state index in [2.05, 4.69) is 0 Å². The van der Waals surface area contributed by atoms with E-state index in [9.17, 15) is 19.2 Å². The summed E-state index contributed by atoms with van der Waals surface area (Å²) in [6, 6.07) is 5.99. The van der Waals surface area contributed by atoms with Crippen LogP contribution < -0.4 is 0 Å². The summed E-state index contributed by atoms with van der Waals surface area (Å²) in [7, 11) is 0. The van der Waals surface area contributed by atoms with E-state index < -0.39 is 18.6 Å². The Hall–Kier alpha value is -2.76. The Kier molecular flexibility index (Phi) is 4.89. The number of fused-ring (bicyclic) bond motifs is 5. The molecule has 1 saturated heterocycles. The molecule has 6 nitrogen and oxygen atoms in total. The zero-order valence-electron chi connectivity index (χ0n) is 16.8. The van der Waals surface area contributed by atoms with Gasteiger partial charge in [0, 0.05) is 5.56 Å². The molecule has 0 unspecified atom stereocenters. The molecule has 2 amide bonds. The molecule has 1 heterocycles. The minimum atomic E-state index is -1.01. The normalized spacial score (nSPS) is 28.2. The van der Waals surface area contributed by atoms with Crippen LogP contribution in [0.2, 0.25) is 0 Å². The summed E-state index contributed by atoms with van der Waals surface area (Å²) in [5.74, 6) is -2.45. The smallest absolute Gasteiger partial charge is 0.330 e.